The fraction of sp³-hybridized carbons (Fsp3) is 0.300. The molecule has 6 nitrogen and oxygen atoms in total. The lowest BCUT2D eigenvalue weighted by Gasteiger charge is -2.28. The van der Waals surface area contributed by atoms with E-state index >= 15 is 0 Å². The molecule has 0 fully saturated rings. The molecule has 0 bridgehead atoms. The van der Waals surface area contributed by atoms with Gasteiger partial charge in [-0.25, -0.2) is 9.97 Å². The highest BCUT2D eigenvalue weighted by molar-refractivity contribution is 5.47. The third-order valence-electron chi connectivity index (χ3n) is 4.64. The van der Waals surface area contributed by atoms with E-state index in [2.05, 4.69) is 20.9 Å². The average molecular weight is 351 g/mol. The van der Waals surface area contributed by atoms with Crippen molar-refractivity contribution in [1.82, 2.24) is 14.9 Å². The van der Waals surface area contributed by atoms with Gasteiger partial charge in [0.25, 0.3) is 0 Å². The van der Waals surface area contributed by atoms with E-state index in [-0.39, 0.29) is 0 Å². The van der Waals surface area contributed by atoms with Gasteiger partial charge in [-0.15, -0.1) is 0 Å². The smallest absolute Gasteiger partial charge is 0.195 e. The molecule has 0 saturated carbocycles. The van der Waals surface area contributed by atoms with Gasteiger partial charge in [0.05, 0.1) is 26.2 Å². The molecule has 1 aliphatic heterocycles. The number of aromatic nitrogens is 2. The molecule has 0 N–H and O–H groups in total. The summed E-state index contributed by atoms with van der Waals surface area (Å²) in [6.45, 7) is 2.58. The third-order valence-corrected chi connectivity index (χ3v) is 4.64. The summed E-state index contributed by atoms with van der Waals surface area (Å²) in [4.78, 5) is 11.5. The van der Waals surface area contributed by atoms with Crippen molar-refractivity contribution in [2.45, 2.75) is 19.5 Å². The third kappa shape index (κ3) is 3.28. The van der Waals surface area contributed by atoms with E-state index in [9.17, 15) is 0 Å². The fourth-order valence-electron chi connectivity index (χ4n) is 3.26. The quantitative estimate of drug-likeness (QED) is 0.703. The standard InChI is InChI=1S/C20H21N3O3/c1-24-16-6-5-14(19(10-16)25-2)12-23-8-7-17-15(13-23)11-21-20(22-17)18-4-3-9-26-18/h3-6,9-11H,7-8,12-13H2,1-2H3. The van der Waals surface area contributed by atoms with Gasteiger partial charge >= 0.3 is 0 Å². The van der Waals surface area contributed by atoms with Crippen LogP contribution in [0.4, 0.5) is 0 Å². The van der Waals surface area contributed by atoms with Crippen molar-refractivity contribution in [2.75, 3.05) is 20.8 Å². The Morgan fingerprint density at radius 2 is 2.12 bits per heavy atom. The number of benzene rings is 1. The molecule has 0 aliphatic carbocycles. The van der Waals surface area contributed by atoms with Crippen molar-refractivity contribution >= 4 is 0 Å². The van der Waals surface area contributed by atoms with Gasteiger partial charge in [0.1, 0.15) is 11.5 Å². The minimum absolute atomic E-state index is 0.652. The number of furan rings is 1. The molecule has 134 valence electrons. The van der Waals surface area contributed by atoms with Crippen molar-refractivity contribution in [1.29, 1.82) is 0 Å². The van der Waals surface area contributed by atoms with E-state index < -0.39 is 0 Å². The molecule has 0 spiro atoms. The predicted octanol–water partition coefficient (Wildman–Crippen LogP) is 3.31. The Hall–Kier alpha value is -2.86. The second-order valence-corrected chi connectivity index (χ2v) is 6.28. The second-order valence-electron chi connectivity index (χ2n) is 6.28. The minimum atomic E-state index is 0.652. The van der Waals surface area contributed by atoms with Crippen molar-refractivity contribution < 1.29 is 13.9 Å². The average Bonchev–Trinajstić information content (AvgIpc) is 3.22. The van der Waals surface area contributed by atoms with Gasteiger partial charge < -0.3 is 13.9 Å². The molecule has 3 heterocycles. The van der Waals surface area contributed by atoms with Gasteiger partial charge in [-0.3, -0.25) is 4.90 Å². The Kier molecular flexibility index (Phi) is 4.58. The van der Waals surface area contributed by atoms with Crippen LogP contribution in [0.1, 0.15) is 16.8 Å². The van der Waals surface area contributed by atoms with Crippen LogP contribution in [-0.2, 0) is 19.5 Å². The zero-order valence-corrected chi connectivity index (χ0v) is 14.9. The number of methoxy groups -OCH3 is 2. The summed E-state index contributed by atoms with van der Waals surface area (Å²) < 4.78 is 16.2. The number of nitrogens with zero attached hydrogens (tertiary/aromatic N) is 3. The maximum Gasteiger partial charge on any atom is 0.195 e. The molecular weight excluding hydrogens is 330 g/mol. The van der Waals surface area contributed by atoms with Crippen LogP contribution < -0.4 is 9.47 Å². The van der Waals surface area contributed by atoms with Crippen molar-refractivity contribution in [2.24, 2.45) is 0 Å². The molecule has 0 radical (unpaired) electrons. The van der Waals surface area contributed by atoms with Crippen LogP contribution in [0, 0.1) is 0 Å². The van der Waals surface area contributed by atoms with Crippen LogP contribution in [0.25, 0.3) is 11.6 Å². The summed E-state index contributed by atoms with van der Waals surface area (Å²) in [5, 5.41) is 0. The Labute approximate surface area is 152 Å². The van der Waals surface area contributed by atoms with Crippen LogP contribution in [0.15, 0.2) is 47.2 Å². The first-order valence-electron chi connectivity index (χ1n) is 8.58. The number of fused-ring (bicyclic) bond motifs is 1. The summed E-state index contributed by atoms with van der Waals surface area (Å²) in [5.74, 6) is 3.00. The number of rotatable bonds is 5. The first kappa shape index (κ1) is 16.6. The molecule has 0 atom stereocenters. The van der Waals surface area contributed by atoms with E-state index in [0.29, 0.717) is 11.6 Å². The van der Waals surface area contributed by atoms with Crippen molar-refractivity contribution in [3.63, 3.8) is 0 Å². The SMILES string of the molecule is COc1ccc(CN2CCc3nc(-c4ccco4)ncc3C2)c(OC)c1. The van der Waals surface area contributed by atoms with Gasteiger partial charge in [-0.05, 0) is 18.2 Å². The van der Waals surface area contributed by atoms with E-state index in [4.69, 9.17) is 13.9 Å². The Bertz CT molecular complexity index is 893. The Morgan fingerprint density at radius 1 is 1.19 bits per heavy atom. The Balaban J connectivity index is 1.50. The van der Waals surface area contributed by atoms with E-state index in [0.717, 1.165) is 48.8 Å². The van der Waals surface area contributed by atoms with E-state index in [1.165, 1.54) is 5.56 Å². The lowest BCUT2D eigenvalue weighted by Crippen LogP contribution is -2.31. The minimum Gasteiger partial charge on any atom is -0.497 e. The normalized spacial score (nSPS) is 14.1. The first-order chi connectivity index (χ1) is 12.8. The molecule has 0 amide bonds. The fourth-order valence-corrected chi connectivity index (χ4v) is 3.26. The molecular formula is C20H21N3O3. The van der Waals surface area contributed by atoms with Gasteiger partial charge in [0, 0.05) is 49.4 Å². The predicted molar refractivity (Wildman–Crippen MR) is 97.1 cm³/mol. The monoisotopic (exact) mass is 351 g/mol. The van der Waals surface area contributed by atoms with E-state index in [1.54, 1.807) is 20.5 Å². The Morgan fingerprint density at radius 3 is 2.88 bits per heavy atom. The summed E-state index contributed by atoms with van der Waals surface area (Å²) in [6.07, 6.45) is 4.45. The molecule has 0 unspecified atom stereocenters. The molecule has 6 heteroatoms. The van der Waals surface area contributed by atoms with Crippen LogP contribution in [0.2, 0.25) is 0 Å². The highest BCUT2D eigenvalue weighted by Crippen LogP contribution is 2.28. The zero-order valence-electron chi connectivity index (χ0n) is 14.9. The maximum atomic E-state index is 5.51. The van der Waals surface area contributed by atoms with Gasteiger partial charge in [-0.2, -0.15) is 0 Å². The molecule has 2 aromatic heterocycles. The van der Waals surface area contributed by atoms with Crippen molar-refractivity contribution in [3.05, 3.63) is 59.6 Å². The molecule has 1 aliphatic rings. The molecule has 3 aromatic rings. The highest BCUT2D eigenvalue weighted by atomic mass is 16.5. The number of ether oxygens (including phenoxy) is 2. The van der Waals surface area contributed by atoms with Crippen LogP contribution in [0.3, 0.4) is 0 Å². The molecule has 1 aromatic carbocycles. The van der Waals surface area contributed by atoms with Gasteiger partial charge in [-0.1, -0.05) is 6.07 Å². The highest BCUT2D eigenvalue weighted by Gasteiger charge is 2.20. The number of hydrogen-bond donors (Lipinski definition) is 0. The summed E-state index contributed by atoms with van der Waals surface area (Å²) >= 11 is 0. The van der Waals surface area contributed by atoms with Crippen LogP contribution in [-0.4, -0.2) is 35.6 Å². The number of hydrogen-bond acceptors (Lipinski definition) is 6. The maximum absolute atomic E-state index is 5.51. The topological polar surface area (TPSA) is 60.6 Å². The van der Waals surface area contributed by atoms with Gasteiger partial charge in [0.15, 0.2) is 11.6 Å². The van der Waals surface area contributed by atoms with E-state index in [1.807, 2.05) is 30.5 Å². The van der Waals surface area contributed by atoms with Gasteiger partial charge in [0.2, 0.25) is 0 Å². The van der Waals surface area contributed by atoms with Crippen molar-refractivity contribution in [3.8, 4) is 23.1 Å². The molecule has 0 saturated heterocycles. The summed E-state index contributed by atoms with van der Waals surface area (Å²) in [6, 6.07) is 9.68. The zero-order chi connectivity index (χ0) is 17.9. The molecule has 26 heavy (non-hydrogen) atoms. The molecule has 4 rings (SSSR count). The summed E-state index contributed by atoms with van der Waals surface area (Å²) in [5.41, 5.74) is 3.41. The lowest BCUT2D eigenvalue weighted by atomic mass is 10.1. The van der Waals surface area contributed by atoms with Crippen LogP contribution in [0.5, 0.6) is 11.5 Å². The van der Waals surface area contributed by atoms with Crippen LogP contribution >= 0.6 is 0 Å². The summed E-state index contributed by atoms with van der Waals surface area (Å²) in [7, 11) is 3.35. The lowest BCUT2D eigenvalue weighted by molar-refractivity contribution is 0.239. The largest absolute Gasteiger partial charge is 0.497 e. The second kappa shape index (κ2) is 7.17. The first-order valence-corrected chi connectivity index (χ1v) is 8.58.